The van der Waals surface area contributed by atoms with Crippen LogP contribution in [0.25, 0.3) is 0 Å². The van der Waals surface area contributed by atoms with Crippen molar-refractivity contribution in [2.24, 2.45) is 0 Å². The van der Waals surface area contributed by atoms with Crippen molar-refractivity contribution in [3.8, 4) is 0 Å². The van der Waals surface area contributed by atoms with E-state index in [9.17, 15) is 22.8 Å². The molecule has 132 valence electrons. The summed E-state index contributed by atoms with van der Waals surface area (Å²) in [5.74, 6) is -1.71. The minimum Gasteiger partial charge on any atom is -0.480 e. The number of hydrogen-bond donors (Lipinski definition) is 1. The lowest BCUT2D eigenvalue weighted by Crippen LogP contribution is -2.41. The average Bonchev–Trinajstić information content (AvgIpc) is 2.53. The Bertz CT molecular complexity index is 603. The smallest absolute Gasteiger partial charge is 0.416 e. The van der Waals surface area contributed by atoms with Gasteiger partial charge >= 0.3 is 12.1 Å². The van der Waals surface area contributed by atoms with Crippen molar-refractivity contribution >= 4 is 11.9 Å². The third-order valence-electron chi connectivity index (χ3n) is 3.90. The molecule has 1 fully saturated rings. The average molecular weight is 345 g/mol. The number of halogens is 3. The fourth-order valence-corrected chi connectivity index (χ4v) is 2.91. The molecule has 0 saturated carbocycles. The van der Waals surface area contributed by atoms with E-state index in [1.807, 2.05) is 0 Å². The number of carbonyl (C=O) groups is 2. The molecule has 0 radical (unpaired) electrons. The van der Waals surface area contributed by atoms with E-state index < -0.39 is 42.9 Å². The fourth-order valence-electron chi connectivity index (χ4n) is 2.91. The number of aliphatic carboxylic acids is 1. The minimum absolute atomic E-state index is 0.0660. The van der Waals surface area contributed by atoms with Gasteiger partial charge in [-0.05, 0) is 30.9 Å². The van der Waals surface area contributed by atoms with Crippen molar-refractivity contribution in [2.75, 3.05) is 19.8 Å². The zero-order valence-corrected chi connectivity index (χ0v) is 12.9. The molecule has 1 aliphatic heterocycles. The summed E-state index contributed by atoms with van der Waals surface area (Å²) < 4.78 is 44.5. The number of nitrogens with zero attached hydrogens (tertiary/aromatic N) is 1. The Hall–Kier alpha value is -2.09. The highest BCUT2D eigenvalue weighted by atomic mass is 19.4. The summed E-state index contributed by atoms with van der Waals surface area (Å²) in [6.07, 6.45) is -2.66. The highest BCUT2D eigenvalue weighted by Crippen LogP contribution is 2.39. The van der Waals surface area contributed by atoms with Gasteiger partial charge in [-0.15, -0.1) is 0 Å². The van der Waals surface area contributed by atoms with Crippen LogP contribution in [-0.4, -0.2) is 41.6 Å². The summed E-state index contributed by atoms with van der Waals surface area (Å²) in [5, 5.41) is 8.52. The van der Waals surface area contributed by atoms with Gasteiger partial charge in [0.2, 0.25) is 5.91 Å². The first kappa shape index (κ1) is 18.3. The van der Waals surface area contributed by atoms with Crippen LogP contribution in [0.4, 0.5) is 13.2 Å². The molecule has 1 aliphatic rings. The predicted molar refractivity (Wildman–Crippen MR) is 78.2 cm³/mol. The van der Waals surface area contributed by atoms with Crippen LogP contribution in [0.15, 0.2) is 24.3 Å². The summed E-state index contributed by atoms with van der Waals surface area (Å²) >= 11 is 0. The fraction of sp³-hybridized carbons (Fsp3) is 0.500. The summed E-state index contributed by atoms with van der Waals surface area (Å²) in [5.41, 5.74) is -0.683. The van der Waals surface area contributed by atoms with E-state index in [1.165, 1.54) is 23.1 Å². The SMILES string of the molecule is O=C(O)COCC(=O)N1CCCCC1c1ccccc1C(F)(F)F. The Morgan fingerprint density at radius 2 is 1.92 bits per heavy atom. The highest BCUT2D eigenvalue weighted by Gasteiger charge is 2.38. The van der Waals surface area contributed by atoms with E-state index >= 15 is 0 Å². The molecule has 0 aromatic heterocycles. The first-order valence-corrected chi connectivity index (χ1v) is 7.56. The molecule has 1 atom stereocenters. The third kappa shape index (κ3) is 4.47. The molecule has 0 aliphatic carbocycles. The first-order chi connectivity index (χ1) is 11.3. The van der Waals surface area contributed by atoms with E-state index in [1.54, 1.807) is 0 Å². The van der Waals surface area contributed by atoms with Gasteiger partial charge in [-0.3, -0.25) is 4.79 Å². The largest absolute Gasteiger partial charge is 0.480 e. The quantitative estimate of drug-likeness (QED) is 0.891. The molecule has 1 N–H and O–H groups in total. The van der Waals surface area contributed by atoms with E-state index in [0.29, 0.717) is 19.4 Å². The Morgan fingerprint density at radius 3 is 2.58 bits per heavy atom. The second-order valence-electron chi connectivity index (χ2n) is 5.57. The second-order valence-corrected chi connectivity index (χ2v) is 5.57. The predicted octanol–water partition coefficient (Wildman–Crippen LogP) is 2.86. The van der Waals surface area contributed by atoms with Crippen molar-refractivity contribution in [1.29, 1.82) is 0 Å². The summed E-state index contributed by atoms with van der Waals surface area (Å²) in [6, 6.07) is 4.54. The molecule has 1 aromatic carbocycles. The Morgan fingerprint density at radius 1 is 1.21 bits per heavy atom. The lowest BCUT2D eigenvalue weighted by atomic mass is 9.91. The number of ether oxygens (including phenoxy) is 1. The topological polar surface area (TPSA) is 66.8 Å². The maximum absolute atomic E-state index is 13.2. The van der Waals surface area contributed by atoms with Crippen molar-refractivity contribution in [2.45, 2.75) is 31.5 Å². The van der Waals surface area contributed by atoms with Crippen molar-refractivity contribution in [3.05, 3.63) is 35.4 Å². The number of amides is 1. The van der Waals surface area contributed by atoms with Crippen LogP contribution >= 0.6 is 0 Å². The summed E-state index contributed by atoms with van der Waals surface area (Å²) in [7, 11) is 0. The molecule has 1 unspecified atom stereocenters. The van der Waals surface area contributed by atoms with E-state index in [0.717, 1.165) is 12.5 Å². The monoisotopic (exact) mass is 345 g/mol. The standard InChI is InChI=1S/C16H18F3NO4/c17-16(18,19)12-6-2-1-5-11(12)13-7-3-4-8-20(13)14(21)9-24-10-15(22)23/h1-2,5-6,13H,3-4,7-10H2,(H,22,23). The number of carbonyl (C=O) groups excluding carboxylic acids is 1. The van der Waals surface area contributed by atoms with Crippen LogP contribution in [0.3, 0.4) is 0 Å². The zero-order valence-electron chi connectivity index (χ0n) is 12.9. The minimum atomic E-state index is -4.50. The summed E-state index contributed by atoms with van der Waals surface area (Å²) in [4.78, 5) is 24.0. The van der Waals surface area contributed by atoms with Crippen molar-refractivity contribution < 1.29 is 32.6 Å². The number of alkyl halides is 3. The van der Waals surface area contributed by atoms with Gasteiger partial charge in [-0.2, -0.15) is 13.2 Å². The lowest BCUT2D eigenvalue weighted by molar-refractivity contribution is -0.148. The Balaban J connectivity index is 2.21. The number of likely N-dealkylation sites (tertiary alicyclic amines) is 1. The molecule has 8 heteroatoms. The molecule has 1 heterocycles. The van der Waals surface area contributed by atoms with Gasteiger partial charge in [-0.1, -0.05) is 18.2 Å². The molecule has 2 rings (SSSR count). The van der Waals surface area contributed by atoms with Gasteiger partial charge in [0.05, 0.1) is 11.6 Å². The van der Waals surface area contributed by atoms with Crippen molar-refractivity contribution in [1.82, 2.24) is 4.90 Å². The lowest BCUT2D eigenvalue weighted by Gasteiger charge is -2.37. The second kappa shape index (κ2) is 7.65. The number of carboxylic acid groups (broad SMARTS) is 1. The van der Waals surface area contributed by atoms with Gasteiger partial charge in [0.15, 0.2) is 0 Å². The van der Waals surface area contributed by atoms with Crippen LogP contribution in [0.5, 0.6) is 0 Å². The van der Waals surface area contributed by atoms with Crippen molar-refractivity contribution in [3.63, 3.8) is 0 Å². The molecular formula is C16H18F3NO4. The number of rotatable bonds is 5. The normalized spacial score (nSPS) is 18.5. The van der Waals surface area contributed by atoms with Crippen LogP contribution < -0.4 is 0 Å². The van der Waals surface area contributed by atoms with E-state index in [4.69, 9.17) is 9.84 Å². The maximum atomic E-state index is 13.2. The van der Waals surface area contributed by atoms with Gasteiger partial charge in [0.25, 0.3) is 0 Å². The first-order valence-electron chi connectivity index (χ1n) is 7.56. The van der Waals surface area contributed by atoms with Crippen LogP contribution in [-0.2, 0) is 20.5 Å². The number of piperidine rings is 1. The molecular weight excluding hydrogens is 327 g/mol. The van der Waals surface area contributed by atoms with Gasteiger partial charge in [-0.25, -0.2) is 4.79 Å². The molecule has 1 aromatic rings. The van der Waals surface area contributed by atoms with Gasteiger partial charge < -0.3 is 14.7 Å². The molecule has 5 nitrogen and oxygen atoms in total. The molecule has 0 spiro atoms. The van der Waals surface area contributed by atoms with Crippen LogP contribution in [0.2, 0.25) is 0 Å². The van der Waals surface area contributed by atoms with Crippen LogP contribution in [0.1, 0.15) is 36.4 Å². The number of benzene rings is 1. The number of carboxylic acids is 1. The molecule has 24 heavy (non-hydrogen) atoms. The Labute approximate surface area is 137 Å². The highest BCUT2D eigenvalue weighted by molar-refractivity contribution is 5.78. The van der Waals surface area contributed by atoms with Gasteiger partial charge in [0, 0.05) is 6.54 Å². The summed E-state index contributed by atoms with van der Waals surface area (Å²) in [6.45, 7) is -0.757. The molecule has 1 saturated heterocycles. The van der Waals surface area contributed by atoms with Crippen LogP contribution in [0, 0.1) is 0 Å². The molecule has 1 amide bonds. The third-order valence-corrected chi connectivity index (χ3v) is 3.90. The van der Waals surface area contributed by atoms with Gasteiger partial charge in [0.1, 0.15) is 13.2 Å². The molecule has 0 bridgehead atoms. The Kier molecular flexibility index (Phi) is 5.82. The van der Waals surface area contributed by atoms with E-state index in [-0.39, 0.29) is 5.56 Å². The zero-order chi connectivity index (χ0) is 17.7. The van der Waals surface area contributed by atoms with E-state index in [2.05, 4.69) is 0 Å². The number of hydrogen-bond acceptors (Lipinski definition) is 3. The maximum Gasteiger partial charge on any atom is 0.416 e.